The van der Waals surface area contributed by atoms with Crippen LogP contribution in [0, 0.1) is 12.8 Å². The highest BCUT2D eigenvalue weighted by Crippen LogP contribution is 2.26. The summed E-state index contributed by atoms with van der Waals surface area (Å²) in [4.78, 5) is 16.8. The number of carbonyl (C=O) groups is 1. The smallest absolute Gasteiger partial charge is 0.253 e. The van der Waals surface area contributed by atoms with E-state index < -0.39 is 0 Å². The molecule has 0 amide bonds. The van der Waals surface area contributed by atoms with Crippen LogP contribution in [-0.2, 0) is 0 Å². The van der Waals surface area contributed by atoms with Gasteiger partial charge in [0.25, 0.3) is 5.91 Å². The van der Waals surface area contributed by atoms with Crippen molar-refractivity contribution in [2.24, 2.45) is 5.92 Å². The van der Waals surface area contributed by atoms with E-state index in [9.17, 15) is 4.79 Å². The fraction of sp³-hybridized carbons (Fsp3) is 0.438. The van der Waals surface area contributed by atoms with Crippen molar-refractivity contribution in [1.82, 2.24) is 14.8 Å². The minimum atomic E-state index is -0.0152. The molecular weight excluding hydrogens is 264 g/mol. The summed E-state index contributed by atoms with van der Waals surface area (Å²) in [5.41, 5.74) is 7.90. The summed E-state index contributed by atoms with van der Waals surface area (Å²) in [5.74, 6) is 0.717. The second-order valence-electron chi connectivity index (χ2n) is 5.75. The molecule has 1 aromatic heterocycles. The summed E-state index contributed by atoms with van der Waals surface area (Å²) in [6.07, 6.45) is 5.28. The number of aryl methyl sites for hydroxylation is 1. The lowest BCUT2D eigenvalue weighted by Crippen LogP contribution is -2.26. The summed E-state index contributed by atoms with van der Waals surface area (Å²) in [5, 5.41) is 4.33. The van der Waals surface area contributed by atoms with Crippen LogP contribution in [-0.4, -0.2) is 20.7 Å². The predicted octanol–water partition coefficient (Wildman–Crippen LogP) is 3.06. The van der Waals surface area contributed by atoms with Crippen LogP contribution in [0.5, 0.6) is 0 Å². The molecule has 0 saturated heterocycles. The normalized spacial score (nSPS) is 16.0. The maximum absolute atomic E-state index is 12.5. The summed E-state index contributed by atoms with van der Waals surface area (Å²) in [6.45, 7) is 2.01. The molecule has 2 aromatic rings. The van der Waals surface area contributed by atoms with E-state index in [0.717, 1.165) is 36.8 Å². The van der Waals surface area contributed by atoms with Crippen molar-refractivity contribution in [1.29, 1.82) is 0 Å². The quantitative estimate of drug-likeness (QED) is 0.919. The Kier molecular flexibility index (Phi) is 3.73. The van der Waals surface area contributed by atoms with Crippen LogP contribution in [0.4, 0.5) is 5.95 Å². The van der Waals surface area contributed by atoms with Crippen LogP contribution < -0.4 is 5.73 Å². The molecule has 110 valence electrons. The highest BCUT2D eigenvalue weighted by atomic mass is 16.2. The minimum Gasteiger partial charge on any atom is -0.368 e. The average Bonchev–Trinajstić information content (AvgIpc) is 2.89. The third-order valence-corrected chi connectivity index (χ3v) is 4.07. The van der Waals surface area contributed by atoms with Crippen LogP contribution in [0.2, 0.25) is 0 Å². The molecule has 5 heteroatoms. The lowest BCUT2D eigenvalue weighted by molar-refractivity contribution is 0.0788. The van der Waals surface area contributed by atoms with Crippen LogP contribution in [0.25, 0.3) is 11.4 Å². The molecule has 2 N–H and O–H groups in total. The third-order valence-electron chi connectivity index (χ3n) is 4.07. The van der Waals surface area contributed by atoms with Crippen LogP contribution in [0.3, 0.4) is 0 Å². The number of nitrogen functional groups attached to an aromatic ring is 1. The fourth-order valence-corrected chi connectivity index (χ4v) is 2.92. The zero-order chi connectivity index (χ0) is 14.8. The average molecular weight is 284 g/mol. The van der Waals surface area contributed by atoms with Gasteiger partial charge in [0.1, 0.15) is 0 Å². The number of anilines is 1. The van der Waals surface area contributed by atoms with Crippen molar-refractivity contribution >= 4 is 11.9 Å². The predicted molar refractivity (Wildman–Crippen MR) is 81.8 cm³/mol. The first-order valence-electron chi connectivity index (χ1n) is 7.49. The molecule has 1 aliphatic rings. The summed E-state index contributed by atoms with van der Waals surface area (Å²) < 4.78 is 1.29. The molecule has 0 radical (unpaired) electrons. The number of hydrogen-bond donors (Lipinski definition) is 1. The topological polar surface area (TPSA) is 73.8 Å². The maximum atomic E-state index is 12.5. The van der Waals surface area contributed by atoms with Crippen molar-refractivity contribution < 1.29 is 4.79 Å². The van der Waals surface area contributed by atoms with Gasteiger partial charge in [-0.2, -0.15) is 9.67 Å². The standard InChI is InChI=1S/C16H20N4O/c1-11-6-5-9-13(10-11)14-18-16(17)20(19-14)15(21)12-7-3-2-4-8-12/h5-6,9-10,12H,2-4,7-8H2,1H3,(H2,17,18,19). The van der Waals surface area contributed by atoms with Gasteiger partial charge in [0, 0.05) is 11.5 Å². The van der Waals surface area contributed by atoms with Gasteiger partial charge in [0.15, 0.2) is 5.82 Å². The molecule has 1 saturated carbocycles. The summed E-state index contributed by atoms with van der Waals surface area (Å²) in [7, 11) is 0. The lowest BCUT2D eigenvalue weighted by Gasteiger charge is -2.19. The largest absolute Gasteiger partial charge is 0.368 e. The summed E-state index contributed by atoms with van der Waals surface area (Å²) in [6, 6.07) is 7.88. The van der Waals surface area contributed by atoms with E-state index in [1.807, 2.05) is 31.2 Å². The second-order valence-corrected chi connectivity index (χ2v) is 5.75. The summed E-state index contributed by atoms with van der Waals surface area (Å²) >= 11 is 0. The Bertz CT molecular complexity index is 656. The number of aromatic nitrogens is 3. The van der Waals surface area contributed by atoms with E-state index in [0.29, 0.717) is 5.82 Å². The Labute approximate surface area is 124 Å². The third kappa shape index (κ3) is 2.82. The molecule has 1 heterocycles. The molecular formula is C16H20N4O. The minimum absolute atomic E-state index is 0.0152. The van der Waals surface area contributed by atoms with E-state index in [4.69, 9.17) is 5.73 Å². The van der Waals surface area contributed by atoms with Gasteiger partial charge in [-0.25, -0.2) is 0 Å². The molecule has 0 aliphatic heterocycles. The van der Waals surface area contributed by atoms with Crippen molar-refractivity contribution in [2.45, 2.75) is 39.0 Å². The molecule has 5 nitrogen and oxygen atoms in total. The number of rotatable bonds is 2. The van der Waals surface area contributed by atoms with Gasteiger partial charge < -0.3 is 5.73 Å². The van der Waals surface area contributed by atoms with Gasteiger partial charge in [-0.3, -0.25) is 4.79 Å². The number of nitrogens with two attached hydrogens (primary N) is 1. The Morgan fingerprint density at radius 2 is 2.05 bits per heavy atom. The van der Waals surface area contributed by atoms with E-state index in [-0.39, 0.29) is 17.8 Å². The fourth-order valence-electron chi connectivity index (χ4n) is 2.92. The number of carbonyl (C=O) groups excluding carboxylic acids is 1. The molecule has 0 unspecified atom stereocenters. The van der Waals surface area contributed by atoms with E-state index in [1.54, 1.807) is 0 Å². The number of hydrogen-bond acceptors (Lipinski definition) is 4. The van der Waals surface area contributed by atoms with Crippen LogP contribution >= 0.6 is 0 Å². The SMILES string of the molecule is Cc1cccc(-c2nc(N)n(C(=O)C3CCCCC3)n2)c1. The number of nitrogens with zero attached hydrogens (tertiary/aromatic N) is 3. The van der Waals surface area contributed by atoms with Crippen LogP contribution in [0.1, 0.15) is 42.5 Å². The van der Waals surface area contributed by atoms with E-state index >= 15 is 0 Å². The molecule has 1 aliphatic carbocycles. The van der Waals surface area contributed by atoms with Crippen molar-refractivity contribution in [3.63, 3.8) is 0 Å². The van der Waals surface area contributed by atoms with Crippen molar-refractivity contribution in [3.05, 3.63) is 29.8 Å². The molecule has 0 atom stereocenters. The highest BCUT2D eigenvalue weighted by Gasteiger charge is 2.25. The molecule has 0 spiro atoms. The lowest BCUT2D eigenvalue weighted by atomic mass is 9.89. The highest BCUT2D eigenvalue weighted by molar-refractivity contribution is 5.83. The monoisotopic (exact) mass is 284 g/mol. The van der Waals surface area contributed by atoms with Gasteiger partial charge in [-0.1, -0.05) is 43.0 Å². The molecule has 1 fully saturated rings. The van der Waals surface area contributed by atoms with Gasteiger partial charge in [-0.15, -0.1) is 5.10 Å². The van der Waals surface area contributed by atoms with Crippen LogP contribution in [0.15, 0.2) is 24.3 Å². The maximum Gasteiger partial charge on any atom is 0.253 e. The van der Waals surface area contributed by atoms with Gasteiger partial charge >= 0.3 is 0 Å². The van der Waals surface area contributed by atoms with E-state index in [2.05, 4.69) is 10.1 Å². The van der Waals surface area contributed by atoms with Crippen molar-refractivity contribution in [3.8, 4) is 11.4 Å². The van der Waals surface area contributed by atoms with Gasteiger partial charge in [0.05, 0.1) is 0 Å². The van der Waals surface area contributed by atoms with Gasteiger partial charge in [0.2, 0.25) is 5.95 Å². The van der Waals surface area contributed by atoms with Gasteiger partial charge in [-0.05, 0) is 25.8 Å². The first-order valence-corrected chi connectivity index (χ1v) is 7.49. The first kappa shape index (κ1) is 13.8. The molecule has 3 rings (SSSR count). The molecule has 21 heavy (non-hydrogen) atoms. The Hall–Kier alpha value is -2.17. The van der Waals surface area contributed by atoms with E-state index in [1.165, 1.54) is 11.1 Å². The van der Waals surface area contributed by atoms with Crippen molar-refractivity contribution in [2.75, 3.05) is 5.73 Å². The zero-order valence-corrected chi connectivity index (χ0v) is 12.2. The zero-order valence-electron chi connectivity index (χ0n) is 12.2. The first-order chi connectivity index (χ1) is 10.1. The second kappa shape index (κ2) is 5.68. The molecule has 0 bridgehead atoms. The Morgan fingerprint density at radius 1 is 1.29 bits per heavy atom. The molecule has 1 aromatic carbocycles. The Balaban J connectivity index is 1.89. The Morgan fingerprint density at radius 3 is 2.76 bits per heavy atom. The number of benzene rings is 1.